The van der Waals surface area contributed by atoms with E-state index in [2.05, 4.69) is 9.97 Å². The second kappa shape index (κ2) is 3.40. The lowest BCUT2D eigenvalue weighted by atomic mass is 10.2. The predicted octanol–water partition coefficient (Wildman–Crippen LogP) is 2.80. The molecule has 0 saturated heterocycles. The van der Waals surface area contributed by atoms with Gasteiger partial charge in [-0.25, -0.2) is 27.5 Å². The number of benzene rings is 1. The van der Waals surface area contributed by atoms with Crippen molar-refractivity contribution in [1.29, 1.82) is 0 Å². The Hall–Kier alpha value is -1.72. The molecule has 0 N–H and O–H groups in total. The lowest BCUT2D eigenvalue weighted by molar-refractivity contribution is 0.416. The summed E-state index contributed by atoms with van der Waals surface area (Å²) in [6.45, 7) is 3.03. The number of aromatic nitrogens is 2. The molecule has 0 fully saturated rings. The van der Waals surface area contributed by atoms with Crippen LogP contribution in [-0.2, 0) is 0 Å². The number of fused-ring (bicyclic) bond motifs is 1. The first kappa shape index (κ1) is 10.8. The van der Waals surface area contributed by atoms with Gasteiger partial charge in [0.1, 0.15) is 11.0 Å². The Morgan fingerprint density at radius 1 is 0.625 bits per heavy atom. The van der Waals surface area contributed by atoms with Crippen LogP contribution in [0.1, 0.15) is 11.4 Å². The van der Waals surface area contributed by atoms with Gasteiger partial charge in [-0.15, -0.1) is 0 Å². The van der Waals surface area contributed by atoms with E-state index in [1.54, 1.807) is 0 Å². The van der Waals surface area contributed by atoms with Crippen LogP contribution in [-0.4, -0.2) is 9.97 Å². The third kappa shape index (κ3) is 1.33. The summed E-state index contributed by atoms with van der Waals surface area (Å²) in [5.41, 5.74) is -0.535. The van der Waals surface area contributed by atoms with E-state index in [4.69, 9.17) is 0 Å². The summed E-state index contributed by atoms with van der Waals surface area (Å²) in [6, 6.07) is 0. The van der Waals surface area contributed by atoms with Crippen molar-refractivity contribution < 1.29 is 17.6 Å². The van der Waals surface area contributed by atoms with Crippen LogP contribution in [0.15, 0.2) is 0 Å². The first-order valence-electron chi connectivity index (χ1n) is 4.40. The summed E-state index contributed by atoms with van der Waals surface area (Å²) < 4.78 is 52.3. The van der Waals surface area contributed by atoms with Crippen molar-refractivity contribution in [3.05, 3.63) is 34.7 Å². The SMILES string of the molecule is Cc1nc2c(F)c(F)c(F)c(F)c2nc1C. The summed E-state index contributed by atoms with van der Waals surface area (Å²) >= 11 is 0. The average Bonchev–Trinajstić information content (AvgIpc) is 2.26. The predicted molar refractivity (Wildman–Crippen MR) is 48.8 cm³/mol. The van der Waals surface area contributed by atoms with Crippen molar-refractivity contribution in [3.63, 3.8) is 0 Å². The van der Waals surface area contributed by atoms with Crippen LogP contribution in [0.3, 0.4) is 0 Å². The lowest BCUT2D eigenvalue weighted by Crippen LogP contribution is -2.04. The fourth-order valence-electron chi connectivity index (χ4n) is 1.31. The summed E-state index contributed by atoms with van der Waals surface area (Å²) in [5, 5.41) is 0. The maximum atomic E-state index is 13.3. The van der Waals surface area contributed by atoms with Crippen molar-refractivity contribution in [1.82, 2.24) is 9.97 Å². The van der Waals surface area contributed by atoms with Crippen LogP contribution in [0.4, 0.5) is 17.6 Å². The normalized spacial score (nSPS) is 11.1. The highest BCUT2D eigenvalue weighted by atomic mass is 19.2. The number of halogens is 4. The first-order valence-corrected chi connectivity index (χ1v) is 4.40. The molecule has 0 spiro atoms. The Bertz CT molecular complexity index is 543. The molecule has 6 heteroatoms. The van der Waals surface area contributed by atoms with Gasteiger partial charge >= 0.3 is 0 Å². The molecule has 0 atom stereocenters. The Balaban J connectivity index is 3.02. The minimum Gasteiger partial charge on any atom is -0.246 e. The van der Waals surface area contributed by atoms with Crippen LogP contribution < -0.4 is 0 Å². The zero-order chi connectivity index (χ0) is 12.0. The number of rotatable bonds is 0. The highest BCUT2D eigenvalue weighted by Gasteiger charge is 2.22. The van der Waals surface area contributed by atoms with Gasteiger partial charge in [0.25, 0.3) is 0 Å². The third-order valence-electron chi connectivity index (χ3n) is 2.30. The van der Waals surface area contributed by atoms with E-state index in [0.717, 1.165) is 0 Å². The largest absolute Gasteiger partial charge is 0.246 e. The van der Waals surface area contributed by atoms with Gasteiger partial charge in [0.05, 0.1) is 11.4 Å². The minimum atomic E-state index is -1.87. The average molecular weight is 230 g/mol. The van der Waals surface area contributed by atoms with Crippen molar-refractivity contribution in [2.24, 2.45) is 0 Å². The van der Waals surface area contributed by atoms with E-state index in [1.807, 2.05) is 0 Å². The summed E-state index contributed by atoms with van der Waals surface area (Å²) in [5.74, 6) is -6.79. The van der Waals surface area contributed by atoms with Crippen molar-refractivity contribution in [3.8, 4) is 0 Å². The highest BCUT2D eigenvalue weighted by molar-refractivity contribution is 5.76. The number of hydrogen-bond donors (Lipinski definition) is 0. The molecule has 2 nitrogen and oxygen atoms in total. The van der Waals surface area contributed by atoms with Crippen LogP contribution in [0.2, 0.25) is 0 Å². The molecule has 0 bridgehead atoms. The quantitative estimate of drug-likeness (QED) is 0.395. The van der Waals surface area contributed by atoms with Gasteiger partial charge in [0.2, 0.25) is 0 Å². The number of aryl methyl sites for hydroxylation is 2. The summed E-state index contributed by atoms with van der Waals surface area (Å²) in [7, 11) is 0. The molecule has 1 aromatic heterocycles. The van der Waals surface area contributed by atoms with Crippen molar-refractivity contribution in [2.45, 2.75) is 13.8 Å². The van der Waals surface area contributed by atoms with Crippen LogP contribution in [0.5, 0.6) is 0 Å². The smallest absolute Gasteiger partial charge is 0.199 e. The zero-order valence-electron chi connectivity index (χ0n) is 8.41. The van der Waals surface area contributed by atoms with Gasteiger partial charge in [-0.05, 0) is 13.8 Å². The molecule has 2 aromatic rings. The summed E-state index contributed by atoms with van der Waals surface area (Å²) in [4.78, 5) is 7.31. The molecule has 0 unspecified atom stereocenters. The Kier molecular flexibility index (Phi) is 2.29. The zero-order valence-corrected chi connectivity index (χ0v) is 8.41. The minimum absolute atomic E-state index is 0.330. The second-order valence-electron chi connectivity index (χ2n) is 3.35. The monoisotopic (exact) mass is 230 g/mol. The molecule has 84 valence electrons. The van der Waals surface area contributed by atoms with Gasteiger partial charge in [-0.2, -0.15) is 0 Å². The molecule has 0 amide bonds. The van der Waals surface area contributed by atoms with Crippen molar-refractivity contribution >= 4 is 11.0 Å². The molecule has 0 radical (unpaired) electrons. The van der Waals surface area contributed by atoms with Crippen LogP contribution in [0.25, 0.3) is 11.0 Å². The van der Waals surface area contributed by atoms with E-state index in [-0.39, 0.29) is 0 Å². The first-order chi connectivity index (χ1) is 7.43. The molecule has 1 aromatic carbocycles. The Labute approximate surface area is 87.9 Å². The Morgan fingerprint density at radius 3 is 1.25 bits per heavy atom. The number of nitrogens with zero attached hydrogens (tertiary/aromatic N) is 2. The number of hydrogen-bond acceptors (Lipinski definition) is 2. The summed E-state index contributed by atoms with van der Waals surface area (Å²) in [6.07, 6.45) is 0. The van der Waals surface area contributed by atoms with Crippen molar-refractivity contribution in [2.75, 3.05) is 0 Å². The molecular weight excluding hydrogens is 224 g/mol. The third-order valence-corrected chi connectivity index (χ3v) is 2.30. The Morgan fingerprint density at radius 2 is 0.938 bits per heavy atom. The fraction of sp³-hybridized carbons (Fsp3) is 0.200. The molecule has 16 heavy (non-hydrogen) atoms. The lowest BCUT2D eigenvalue weighted by Gasteiger charge is -2.05. The molecule has 1 heterocycles. The van der Waals surface area contributed by atoms with Crippen LogP contribution in [0, 0.1) is 37.1 Å². The van der Waals surface area contributed by atoms with Crippen LogP contribution >= 0.6 is 0 Å². The fourth-order valence-corrected chi connectivity index (χ4v) is 1.31. The van der Waals surface area contributed by atoms with E-state index < -0.39 is 34.3 Å². The van der Waals surface area contributed by atoms with Gasteiger partial charge in [0.15, 0.2) is 23.3 Å². The molecule has 0 saturated carbocycles. The highest BCUT2D eigenvalue weighted by Crippen LogP contribution is 2.24. The van der Waals surface area contributed by atoms with Gasteiger partial charge in [-0.1, -0.05) is 0 Å². The second-order valence-corrected chi connectivity index (χ2v) is 3.35. The molecule has 2 rings (SSSR count). The molecule has 0 aliphatic heterocycles. The van der Waals surface area contributed by atoms with E-state index in [9.17, 15) is 17.6 Å². The standard InChI is InChI=1S/C10H6F4N2/c1-3-4(2)16-10-8(14)6(12)5(11)7(13)9(10)15-3/h1-2H3. The van der Waals surface area contributed by atoms with E-state index >= 15 is 0 Å². The van der Waals surface area contributed by atoms with E-state index in [1.165, 1.54) is 13.8 Å². The maximum Gasteiger partial charge on any atom is 0.199 e. The van der Waals surface area contributed by atoms with E-state index in [0.29, 0.717) is 11.4 Å². The molecule has 0 aliphatic carbocycles. The topological polar surface area (TPSA) is 25.8 Å². The molecular formula is C10H6F4N2. The maximum absolute atomic E-state index is 13.3. The van der Waals surface area contributed by atoms with Gasteiger partial charge in [-0.3, -0.25) is 0 Å². The molecule has 0 aliphatic rings. The van der Waals surface area contributed by atoms with Gasteiger partial charge < -0.3 is 0 Å². The van der Waals surface area contributed by atoms with Gasteiger partial charge in [0, 0.05) is 0 Å².